The van der Waals surface area contributed by atoms with Crippen molar-refractivity contribution in [2.24, 2.45) is 22.7 Å². The van der Waals surface area contributed by atoms with Crippen LogP contribution in [0.15, 0.2) is 35.9 Å². The van der Waals surface area contributed by atoms with Gasteiger partial charge in [0.1, 0.15) is 5.75 Å². The maximum atomic E-state index is 10.8. The van der Waals surface area contributed by atoms with Crippen LogP contribution in [0, 0.1) is 26.2 Å². The smallest absolute Gasteiger partial charge is 0.133 e. The molecule has 184 valence electrons. The maximum absolute atomic E-state index is 10.8. The molecule has 0 saturated heterocycles. The van der Waals surface area contributed by atoms with E-state index >= 15 is 0 Å². The number of phenols is 1. The van der Waals surface area contributed by atoms with E-state index in [0.29, 0.717) is 27.2 Å². The van der Waals surface area contributed by atoms with E-state index in [4.69, 9.17) is 0 Å². The van der Waals surface area contributed by atoms with Crippen LogP contribution in [0.2, 0.25) is 0 Å². The van der Waals surface area contributed by atoms with Crippen molar-refractivity contribution in [2.45, 2.75) is 75.4 Å². The van der Waals surface area contributed by atoms with Gasteiger partial charge in [-0.2, -0.15) is 0 Å². The van der Waals surface area contributed by atoms with Crippen molar-refractivity contribution in [2.75, 3.05) is 0 Å². The van der Waals surface area contributed by atoms with Crippen LogP contribution < -0.4 is 0 Å². The number of benzene rings is 1. The molecule has 0 amide bonds. The molecule has 33 heavy (non-hydrogen) atoms. The molecule has 5 unspecified atom stereocenters. The van der Waals surface area contributed by atoms with Crippen molar-refractivity contribution < 1.29 is 5.11 Å². The molecule has 0 radical (unpaired) electrons. The van der Waals surface area contributed by atoms with Crippen LogP contribution in [-0.2, 0) is 6.42 Å². The molecule has 0 heterocycles. The lowest BCUT2D eigenvalue weighted by Crippen LogP contribution is -2.44. The highest BCUT2D eigenvalue weighted by Gasteiger charge is 2.47. The summed E-state index contributed by atoms with van der Waals surface area (Å²) in [7, 11) is 0. The summed E-state index contributed by atoms with van der Waals surface area (Å²) in [4.78, 5) is 1.04. The third-order valence-electron chi connectivity index (χ3n) is 8.27. The Kier molecular flexibility index (Phi) is 11.1. The van der Waals surface area contributed by atoms with Gasteiger partial charge in [0, 0.05) is 13.2 Å². The molecule has 3 rings (SSSR count). The van der Waals surface area contributed by atoms with Gasteiger partial charge in [-0.05, 0) is 132 Å². The lowest BCUT2D eigenvalue weighted by molar-refractivity contribution is 0.118. The zero-order chi connectivity index (χ0) is 24.6. The monoisotopic (exact) mass is 978 g/mol. The third-order valence-corrected chi connectivity index (χ3v) is 14.2. The zero-order valence-electron chi connectivity index (χ0n) is 19.3. The Morgan fingerprint density at radius 2 is 1.58 bits per heavy atom. The quantitative estimate of drug-likeness (QED) is 0.230. The van der Waals surface area contributed by atoms with E-state index in [-0.39, 0.29) is 10.8 Å². The normalized spacial score (nSPS) is 34.7. The number of rotatable bonds is 5. The highest BCUT2D eigenvalue weighted by Crippen LogP contribution is 2.56. The number of allylic oxidation sites excluding steroid dienone is 2. The summed E-state index contributed by atoms with van der Waals surface area (Å²) >= 11 is 18.9. The van der Waals surface area contributed by atoms with Crippen molar-refractivity contribution in [3.8, 4) is 5.75 Å². The van der Waals surface area contributed by atoms with Crippen LogP contribution in [0.3, 0.4) is 0 Å². The minimum absolute atomic E-state index is 0.126. The first-order chi connectivity index (χ1) is 15.4. The molecule has 0 aromatic heterocycles. The van der Waals surface area contributed by atoms with Gasteiger partial charge in [-0.25, -0.2) is 0 Å². The van der Waals surface area contributed by atoms with Crippen LogP contribution in [-0.4, -0.2) is 14.8 Å². The number of aromatic hydroxyl groups is 1. The van der Waals surface area contributed by atoms with E-state index < -0.39 is 0 Å². The second-order valence-electron chi connectivity index (χ2n) is 10.5. The van der Waals surface area contributed by atoms with Crippen molar-refractivity contribution in [3.63, 3.8) is 0 Å². The number of alkyl halides is 2. The topological polar surface area (TPSA) is 20.2 Å². The molecule has 0 bridgehead atoms. The Morgan fingerprint density at radius 1 is 1.00 bits per heavy atom. The van der Waals surface area contributed by atoms with Gasteiger partial charge in [-0.3, -0.25) is 0 Å². The van der Waals surface area contributed by atoms with Crippen molar-refractivity contribution in [1.82, 2.24) is 0 Å². The number of hydrogen-bond acceptors (Lipinski definition) is 1. The van der Waals surface area contributed by atoms with Crippen LogP contribution >= 0.6 is 116 Å². The van der Waals surface area contributed by atoms with Crippen LogP contribution in [0.5, 0.6) is 5.75 Å². The van der Waals surface area contributed by atoms with Crippen LogP contribution in [0.1, 0.15) is 64.9 Å². The molecule has 2 aliphatic carbocycles. The summed E-state index contributed by atoms with van der Waals surface area (Å²) in [5.41, 5.74) is 4.59. The fourth-order valence-electron chi connectivity index (χ4n) is 5.94. The fourth-order valence-corrected chi connectivity index (χ4v) is 10.4. The second-order valence-corrected chi connectivity index (χ2v) is 16.0. The first kappa shape index (κ1) is 29.7. The second kappa shape index (κ2) is 12.3. The molecule has 7 heteroatoms. The lowest BCUT2D eigenvalue weighted by atomic mass is 9.58. The summed E-state index contributed by atoms with van der Waals surface area (Å²) < 4.78 is 6.62. The van der Waals surface area contributed by atoms with Gasteiger partial charge in [-0.15, -0.1) is 0 Å². The van der Waals surface area contributed by atoms with E-state index in [1.165, 1.54) is 37.7 Å². The molecule has 2 aliphatic rings. The van der Waals surface area contributed by atoms with Gasteiger partial charge in [0.05, 0.1) is 4.47 Å². The van der Waals surface area contributed by atoms with Crippen LogP contribution in [0.25, 0.3) is 0 Å². The standard InChI is InChI=1S/C26H32Br3I3O/c1-25(2)19(15(13-30)4-6-22(25)28)8-9-26(3)20(16(14-31)5-7-23(26)29)11-17-10-18(32)12-21(27)24(17)33/h10,12-14,19-20,22-23,33H,4-9,11H2,1-3H3. The average molecular weight is 981 g/mol. The van der Waals surface area contributed by atoms with Gasteiger partial charge >= 0.3 is 0 Å². The van der Waals surface area contributed by atoms with E-state index in [0.717, 1.165) is 26.4 Å². The molecule has 0 aliphatic heterocycles. The molecule has 5 atom stereocenters. The summed E-state index contributed by atoms with van der Waals surface area (Å²) in [5.74, 6) is 1.40. The number of halogens is 6. The predicted molar refractivity (Wildman–Crippen MR) is 178 cm³/mol. The largest absolute Gasteiger partial charge is 0.506 e. The molecule has 2 fully saturated rings. The minimum Gasteiger partial charge on any atom is -0.506 e. The van der Waals surface area contributed by atoms with Crippen LogP contribution in [0.4, 0.5) is 0 Å². The first-order valence-electron chi connectivity index (χ1n) is 11.5. The van der Waals surface area contributed by atoms with E-state index in [9.17, 15) is 5.11 Å². The van der Waals surface area contributed by atoms with Gasteiger partial charge in [0.15, 0.2) is 0 Å². The summed E-state index contributed by atoms with van der Waals surface area (Å²) in [6.07, 6.45) is 7.98. The Labute approximate surface area is 266 Å². The summed E-state index contributed by atoms with van der Waals surface area (Å²) in [6.45, 7) is 7.38. The summed E-state index contributed by atoms with van der Waals surface area (Å²) in [6, 6.07) is 4.14. The van der Waals surface area contributed by atoms with Gasteiger partial charge in [0.2, 0.25) is 0 Å². The van der Waals surface area contributed by atoms with Crippen molar-refractivity contribution in [3.05, 3.63) is 45.1 Å². The minimum atomic E-state index is 0.126. The van der Waals surface area contributed by atoms with Crippen molar-refractivity contribution >= 4 is 116 Å². The lowest BCUT2D eigenvalue weighted by Gasteiger charge is -2.50. The summed E-state index contributed by atoms with van der Waals surface area (Å²) in [5, 5.41) is 10.8. The van der Waals surface area contributed by atoms with Gasteiger partial charge in [-0.1, -0.05) is 109 Å². The van der Waals surface area contributed by atoms with Gasteiger partial charge < -0.3 is 5.11 Å². The molecule has 1 aromatic carbocycles. The first-order valence-corrected chi connectivity index (χ1v) is 17.7. The number of phenolic OH excluding ortho intramolecular Hbond substituents is 1. The Morgan fingerprint density at radius 3 is 2.18 bits per heavy atom. The highest BCUT2D eigenvalue weighted by atomic mass is 127. The maximum Gasteiger partial charge on any atom is 0.133 e. The molecule has 1 aromatic rings. The van der Waals surface area contributed by atoms with E-state index in [1.54, 1.807) is 5.57 Å². The third kappa shape index (κ3) is 6.41. The fraction of sp³-hybridized carbons (Fsp3) is 0.615. The zero-order valence-corrected chi connectivity index (χ0v) is 30.5. The molecule has 1 nitrogen and oxygen atoms in total. The van der Waals surface area contributed by atoms with Gasteiger partial charge in [0.25, 0.3) is 0 Å². The average Bonchev–Trinajstić information content (AvgIpc) is 2.76. The molecular weight excluding hydrogens is 949 g/mol. The predicted octanol–water partition coefficient (Wildman–Crippen LogP) is 11.1. The Hall–Kier alpha value is 2.13. The Balaban J connectivity index is 1.94. The highest BCUT2D eigenvalue weighted by molar-refractivity contribution is 14.1. The molecule has 1 N–H and O–H groups in total. The van der Waals surface area contributed by atoms with E-state index in [1.807, 2.05) is 6.07 Å². The number of hydrogen-bond donors (Lipinski definition) is 1. The molecule has 2 saturated carbocycles. The molecular formula is C26H32Br3I3O. The van der Waals surface area contributed by atoms with Crippen molar-refractivity contribution in [1.29, 1.82) is 0 Å². The van der Waals surface area contributed by atoms with E-state index in [2.05, 4.69) is 151 Å². The SMILES string of the molecule is CC1(C)C(Br)CCC(=CI)C1CCC1(C)C(Br)CCC(=CI)C1Cc1cc(I)cc(Br)c1O. The Bertz CT molecular complexity index is 930. The molecule has 0 spiro atoms.